The molecule has 3 heterocycles. The lowest BCUT2D eigenvalue weighted by atomic mass is 9.96. The minimum absolute atomic E-state index is 0.188. The van der Waals surface area contributed by atoms with Crippen LogP contribution in [0.5, 0.6) is 0 Å². The molecular weight excluding hydrogens is 360 g/mol. The molecule has 0 spiro atoms. The number of thioether (sulfide) groups is 1. The fraction of sp³-hybridized carbons (Fsp3) is 0.263. The zero-order valence-corrected chi connectivity index (χ0v) is 16.2. The lowest BCUT2D eigenvalue weighted by Gasteiger charge is -2.23. The molecule has 0 bridgehead atoms. The molecular formula is C19H20N6OS. The lowest BCUT2D eigenvalue weighted by molar-refractivity contribution is 0.178. The first-order valence-corrected chi connectivity index (χ1v) is 9.56. The number of para-hydroxylation sites is 1. The first-order chi connectivity index (χ1) is 13.0. The molecule has 4 aromatic rings. The summed E-state index contributed by atoms with van der Waals surface area (Å²) in [5, 5.41) is 20.9. The maximum Gasteiger partial charge on any atom is 0.212 e. The van der Waals surface area contributed by atoms with E-state index in [2.05, 4.69) is 37.2 Å². The van der Waals surface area contributed by atoms with Crippen molar-refractivity contribution >= 4 is 45.0 Å². The predicted octanol–water partition coefficient (Wildman–Crippen LogP) is 3.68. The van der Waals surface area contributed by atoms with Crippen molar-refractivity contribution in [2.75, 3.05) is 12.8 Å². The van der Waals surface area contributed by atoms with E-state index in [4.69, 9.17) is 10.2 Å². The highest BCUT2D eigenvalue weighted by Crippen LogP contribution is 2.33. The maximum atomic E-state index is 8.07. The molecule has 0 saturated heterocycles. The van der Waals surface area contributed by atoms with E-state index in [1.54, 1.807) is 25.0 Å². The molecule has 0 fully saturated rings. The van der Waals surface area contributed by atoms with Crippen molar-refractivity contribution in [3.05, 3.63) is 42.7 Å². The van der Waals surface area contributed by atoms with Crippen LogP contribution in [0.3, 0.4) is 0 Å². The van der Waals surface area contributed by atoms with Crippen molar-refractivity contribution in [1.29, 1.82) is 5.41 Å². The molecule has 0 amide bonds. The standard InChI is InChI=1S/C19H20N6OS/c1-19(2,17(20)26-21-3)11-27-18-24-23-16-13-8-9-22-10-14(13)12-6-4-5-7-15(12)25(16)18/h4-10,20-21H,11H2,1-3H3. The normalized spacial score (nSPS) is 12.1. The number of nitrogens with one attached hydrogen (secondary N) is 2. The van der Waals surface area contributed by atoms with Crippen LogP contribution in [0, 0.1) is 10.8 Å². The van der Waals surface area contributed by atoms with Gasteiger partial charge in [0.15, 0.2) is 10.8 Å². The summed E-state index contributed by atoms with van der Waals surface area (Å²) >= 11 is 1.57. The summed E-state index contributed by atoms with van der Waals surface area (Å²) in [5.74, 6) is 0.824. The van der Waals surface area contributed by atoms with Crippen molar-refractivity contribution in [2.24, 2.45) is 5.41 Å². The van der Waals surface area contributed by atoms with E-state index in [-0.39, 0.29) is 5.90 Å². The van der Waals surface area contributed by atoms with Gasteiger partial charge in [0.25, 0.3) is 0 Å². The van der Waals surface area contributed by atoms with Crippen LogP contribution in [-0.4, -0.2) is 38.3 Å². The fourth-order valence-corrected chi connectivity index (χ4v) is 4.04. The summed E-state index contributed by atoms with van der Waals surface area (Å²) in [6, 6.07) is 10.2. The van der Waals surface area contributed by atoms with Crippen LogP contribution in [-0.2, 0) is 4.84 Å². The van der Waals surface area contributed by atoms with Crippen molar-refractivity contribution in [3.63, 3.8) is 0 Å². The van der Waals surface area contributed by atoms with Crippen LogP contribution in [0.15, 0.2) is 47.9 Å². The summed E-state index contributed by atoms with van der Waals surface area (Å²) in [5.41, 5.74) is 3.97. The molecule has 0 saturated carbocycles. The van der Waals surface area contributed by atoms with Crippen molar-refractivity contribution in [2.45, 2.75) is 19.0 Å². The molecule has 0 atom stereocenters. The summed E-state index contributed by atoms with van der Waals surface area (Å²) in [6.07, 6.45) is 3.65. The SMILES string of the molecule is CNOC(=N)C(C)(C)CSc1nnc2c3ccncc3c3ccccc3n12. The van der Waals surface area contributed by atoms with E-state index < -0.39 is 5.41 Å². The minimum atomic E-state index is -0.448. The summed E-state index contributed by atoms with van der Waals surface area (Å²) in [6.45, 7) is 3.95. The van der Waals surface area contributed by atoms with E-state index in [0.717, 1.165) is 32.5 Å². The van der Waals surface area contributed by atoms with Crippen LogP contribution in [0.2, 0.25) is 0 Å². The van der Waals surface area contributed by atoms with Gasteiger partial charge in [-0.25, -0.2) is 0 Å². The van der Waals surface area contributed by atoms with Crippen molar-refractivity contribution in [1.82, 2.24) is 25.1 Å². The van der Waals surface area contributed by atoms with Gasteiger partial charge in [0.05, 0.1) is 10.9 Å². The number of aromatic nitrogens is 4. The maximum absolute atomic E-state index is 8.07. The van der Waals surface area contributed by atoms with Crippen LogP contribution in [0.25, 0.3) is 27.3 Å². The molecule has 0 radical (unpaired) electrons. The lowest BCUT2D eigenvalue weighted by Crippen LogP contribution is -2.31. The third-order valence-corrected chi connectivity index (χ3v) is 5.90. The zero-order chi connectivity index (χ0) is 19.0. The Kier molecular flexibility index (Phi) is 4.45. The van der Waals surface area contributed by atoms with Gasteiger partial charge in [-0.05, 0) is 12.1 Å². The third kappa shape index (κ3) is 3.00. The Bertz CT molecular complexity index is 1150. The van der Waals surface area contributed by atoms with Gasteiger partial charge >= 0.3 is 0 Å². The number of pyridine rings is 2. The van der Waals surface area contributed by atoms with Crippen LogP contribution < -0.4 is 5.48 Å². The number of hydrogen-bond donors (Lipinski definition) is 2. The van der Waals surface area contributed by atoms with Gasteiger partial charge in [-0.3, -0.25) is 14.8 Å². The second kappa shape index (κ2) is 6.79. The molecule has 1 aromatic carbocycles. The Morgan fingerprint density at radius 1 is 1.19 bits per heavy atom. The van der Waals surface area contributed by atoms with Gasteiger partial charge in [0, 0.05) is 41.4 Å². The number of rotatable bonds is 5. The molecule has 0 aliphatic carbocycles. The molecule has 138 valence electrons. The monoisotopic (exact) mass is 380 g/mol. The Hall–Kier alpha value is -2.71. The topological polar surface area (TPSA) is 88.2 Å². The first kappa shape index (κ1) is 17.7. The van der Waals surface area contributed by atoms with Crippen molar-refractivity contribution < 1.29 is 4.84 Å². The predicted molar refractivity (Wildman–Crippen MR) is 108 cm³/mol. The highest BCUT2D eigenvalue weighted by atomic mass is 32.2. The van der Waals surface area contributed by atoms with E-state index >= 15 is 0 Å². The average molecular weight is 380 g/mol. The van der Waals surface area contributed by atoms with E-state index in [0.29, 0.717) is 5.75 Å². The third-order valence-electron chi connectivity index (χ3n) is 4.51. The van der Waals surface area contributed by atoms with Crippen LogP contribution in [0.4, 0.5) is 0 Å². The molecule has 27 heavy (non-hydrogen) atoms. The second-order valence-electron chi connectivity index (χ2n) is 6.89. The van der Waals surface area contributed by atoms with E-state index in [1.165, 1.54) is 0 Å². The van der Waals surface area contributed by atoms with Gasteiger partial charge in [-0.1, -0.05) is 43.8 Å². The van der Waals surface area contributed by atoms with E-state index in [9.17, 15) is 0 Å². The zero-order valence-electron chi connectivity index (χ0n) is 15.4. The number of hydroxylamine groups is 1. The molecule has 0 unspecified atom stereocenters. The van der Waals surface area contributed by atoms with Gasteiger partial charge in [-0.2, -0.15) is 5.48 Å². The summed E-state index contributed by atoms with van der Waals surface area (Å²) in [7, 11) is 1.65. The Morgan fingerprint density at radius 3 is 2.81 bits per heavy atom. The Morgan fingerprint density at radius 2 is 2.00 bits per heavy atom. The second-order valence-corrected chi connectivity index (χ2v) is 7.83. The number of benzene rings is 1. The van der Waals surface area contributed by atoms with Crippen LogP contribution >= 0.6 is 11.8 Å². The van der Waals surface area contributed by atoms with Crippen LogP contribution in [0.1, 0.15) is 13.8 Å². The van der Waals surface area contributed by atoms with Gasteiger partial charge in [-0.15, -0.1) is 10.2 Å². The van der Waals surface area contributed by atoms with Crippen molar-refractivity contribution in [3.8, 4) is 0 Å². The highest BCUT2D eigenvalue weighted by molar-refractivity contribution is 7.99. The van der Waals surface area contributed by atoms with Gasteiger partial charge in [0.2, 0.25) is 5.90 Å². The molecule has 4 rings (SSSR count). The largest absolute Gasteiger partial charge is 0.393 e. The molecule has 3 aromatic heterocycles. The molecule has 2 N–H and O–H groups in total. The fourth-order valence-electron chi connectivity index (χ4n) is 3.01. The summed E-state index contributed by atoms with van der Waals surface area (Å²) < 4.78 is 2.08. The Balaban J connectivity index is 1.83. The quantitative estimate of drug-likeness (QED) is 0.181. The number of fused-ring (bicyclic) bond motifs is 6. The Labute approximate surface area is 160 Å². The smallest absolute Gasteiger partial charge is 0.212 e. The molecule has 0 aliphatic rings. The van der Waals surface area contributed by atoms with E-state index in [1.807, 2.05) is 38.2 Å². The average Bonchev–Trinajstić information content (AvgIpc) is 3.11. The first-order valence-electron chi connectivity index (χ1n) is 8.58. The number of hydrogen-bond acceptors (Lipinski definition) is 7. The summed E-state index contributed by atoms with van der Waals surface area (Å²) in [4.78, 5) is 9.44. The molecule has 8 heteroatoms. The highest BCUT2D eigenvalue weighted by Gasteiger charge is 2.27. The van der Waals surface area contributed by atoms with Gasteiger partial charge < -0.3 is 4.84 Å². The minimum Gasteiger partial charge on any atom is -0.393 e. The molecule has 7 nitrogen and oxygen atoms in total. The number of nitrogens with zero attached hydrogens (tertiary/aromatic N) is 4. The molecule has 0 aliphatic heterocycles. The van der Waals surface area contributed by atoms with Gasteiger partial charge in [0.1, 0.15) is 0 Å².